The van der Waals surface area contributed by atoms with Crippen LogP contribution in [0.1, 0.15) is 11.6 Å². The number of carbonyl (C=O) groups excluding carboxylic acids is 1. The summed E-state index contributed by atoms with van der Waals surface area (Å²) in [5, 5.41) is 5.29. The molecule has 2 aromatic rings. The maximum Gasteiger partial charge on any atom is 0.319 e. The number of likely N-dealkylation sites (N-methyl/N-ethyl adjacent to an activating group) is 1. The van der Waals surface area contributed by atoms with Crippen molar-refractivity contribution in [3.05, 3.63) is 59.9 Å². The number of carbonyl (C=O) groups is 1. The number of hydrogen-bond donors (Lipinski definition) is 2. The third-order valence-electron chi connectivity index (χ3n) is 3.68. The zero-order chi connectivity index (χ0) is 17.5. The van der Waals surface area contributed by atoms with Gasteiger partial charge in [-0.1, -0.05) is 24.3 Å². The molecule has 128 valence electrons. The van der Waals surface area contributed by atoms with Gasteiger partial charge in [0, 0.05) is 6.54 Å². The molecule has 1 unspecified atom stereocenters. The molecule has 24 heavy (non-hydrogen) atoms. The van der Waals surface area contributed by atoms with Crippen molar-refractivity contribution in [2.45, 2.75) is 6.04 Å². The summed E-state index contributed by atoms with van der Waals surface area (Å²) in [5.41, 5.74) is 1.17. The minimum Gasteiger partial charge on any atom is -0.497 e. The summed E-state index contributed by atoms with van der Waals surface area (Å²) in [7, 11) is 5.48. The molecule has 0 aliphatic rings. The van der Waals surface area contributed by atoms with E-state index in [0.29, 0.717) is 6.54 Å². The van der Waals surface area contributed by atoms with Gasteiger partial charge in [0.05, 0.1) is 18.8 Å². The van der Waals surface area contributed by atoms with Crippen LogP contribution >= 0.6 is 0 Å². The Morgan fingerprint density at radius 1 is 1.21 bits per heavy atom. The van der Waals surface area contributed by atoms with E-state index in [1.165, 1.54) is 12.1 Å². The predicted molar refractivity (Wildman–Crippen MR) is 92.8 cm³/mol. The van der Waals surface area contributed by atoms with Gasteiger partial charge in [0.2, 0.25) is 0 Å². The molecular weight excluding hydrogens is 309 g/mol. The summed E-state index contributed by atoms with van der Waals surface area (Å²) in [6.45, 7) is 0.375. The van der Waals surface area contributed by atoms with Crippen LogP contribution in [0.25, 0.3) is 0 Å². The molecule has 0 saturated heterocycles. The Morgan fingerprint density at radius 3 is 2.62 bits per heavy atom. The largest absolute Gasteiger partial charge is 0.497 e. The molecule has 6 heteroatoms. The molecule has 0 fully saturated rings. The standard InChI is InChI=1S/C18H22FN3O2/c1-22(2)17(13-7-6-8-14(11-13)24-3)12-20-18(23)21-16-10-5-4-9-15(16)19/h4-11,17H,12H2,1-3H3,(H2,20,21,23). The Morgan fingerprint density at radius 2 is 1.96 bits per heavy atom. The number of amides is 2. The topological polar surface area (TPSA) is 53.6 Å². The third-order valence-corrected chi connectivity index (χ3v) is 3.68. The summed E-state index contributed by atoms with van der Waals surface area (Å²) in [4.78, 5) is 14.0. The van der Waals surface area contributed by atoms with Crippen molar-refractivity contribution >= 4 is 11.7 Å². The summed E-state index contributed by atoms with van der Waals surface area (Å²) >= 11 is 0. The second-order valence-corrected chi connectivity index (χ2v) is 5.57. The fourth-order valence-corrected chi connectivity index (χ4v) is 2.37. The van der Waals surface area contributed by atoms with Gasteiger partial charge < -0.3 is 20.3 Å². The van der Waals surface area contributed by atoms with Crippen LogP contribution in [0.4, 0.5) is 14.9 Å². The molecule has 0 spiro atoms. The van der Waals surface area contributed by atoms with Crippen molar-refractivity contribution in [2.75, 3.05) is 33.1 Å². The molecule has 2 N–H and O–H groups in total. The third kappa shape index (κ3) is 4.70. The normalized spacial score (nSPS) is 11.9. The smallest absolute Gasteiger partial charge is 0.319 e. The first-order valence-corrected chi connectivity index (χ1v) is 7.61. The highest BCUT2D eigenvalue weighted by Crippen LogP contribution is 2.22. The zero-order valence-electron chi connectivity index (χ0n) is 14.0. The van der Waals surface area contributed by atoms with Crippen LogP contribution in [-0.4, -0.2) is 38.7 Å². The molecule has 2 rings (SSSR count). The first-order valence-electron chi connectivity index (χ1n) is 7.61. The van der Waals surface area contributed by atoms with Crippen LogP contribution in [0, 0.1) is 5.82 Å². The fourth-order valence-electron chi connectivity index (χ4n) is 2.37. The van der Waals surface area contributed by atoms with Gasteiger partial charge in [0.1, 0.15) is 11.6 Å². The molecule has 0 aromatic heterocycles. The molecule has 0 bridgehead atoms. The molecular formula is C18H22FN3O2. The Kier molecular flexibility index (Phi) is 6.14. The van der Waals surface area contributed by atoms with Crippen LogP contribution in [0.15, 0.2) is 48.5 Å². The first-order chi connectivity index (χ1) is 11.5. The maximum atomic E-state index is 13.6. The van der Waals surface area contributed by atoms with Gasteiger partial charge in [-0.05, 0) is 43.9 Å². The van der Waals surface area contributed by atoms with Crippen molar-refractivity contribution in [3.8, 4) is 5.75 Å². The minimum atomic E-state index is -0.468. The van der Waals surface area contributed by atoms with Crippen LogP contribution < -0.4 is 15.4 Å². The Bertz CT molecular complexity index is 691. The molecule has 0 saturated carbocycles. The van der Waals surface area contributed by atoms with Crippen molar-refractivity contribution in [1.29, 1.82) is 0 Å². The van der Waals surface area contributed by atoms with E-state index in [9.17, 15) is 9.18 Å². The van der Waals surface area contributed by atoms with Gasteiger partial charge >= 0.3 is 6.03 Å². The lowest BCUT2D eigenvalue weighted by Gasteiger charge is -2.25. The summed E-state index contributed by atoms with van der Waals surface area (Å²) in [6, 6.07) is 13.3. The first kappa shape index (κ1) is 17.7. The Labute approximate surface area is 141 Å². The fraction of sp³-hybridized carbons (Fsp3) is 0.278. The minimum absolute atomic E-state index is 0.0357. The number of benzene rings is 2. The average molecular weight is 331 g/mol. The number of para-hydroxylation sites is 1. The van der Waals surface area contributed by atoms with E-state index in [4.69, 9.17) is 4.74 Å². The number of urea groups is 1. The number of anilines is 1. The number of rotatable bonds is 6. The van der Waals surface area contributed by atoms with Crippen molar-refractivity contribution in [2.24, 2.45) is 0 Å². The predicted octanol–water partition coefficient (Wildman–Crippen LogP) is 3.26. The molecule has 2 aromatic carbocycles. The number of ether oxygens (including phenoxy) is 1. The molecule has 2 amide bonds. The van der Waals surface area contributed by atoms with E-state index in [-0.39, 0.29) is 11.7 Å². The van der Waals surface area contributed by atoms with E-state index in [2.05, 4.69) is 10.6 Å². The van der Waals surface area contributed by atoms with Gasteiger partial charge in [0.15, 0.2) is 0 Å². The van der Waals surface area contributed by atoms with Crippen LogP contribution in [0.5, 0.6) is 5.75 Å². The monoisotopic (exact) mass is 331 g/mol. The lowest BCUT2D eigenvalue weighted by atomic mass is 10.1. The summed E-state index contributed by atoms with van der Waals surface area (Å²) in [6.07, 6.45) is 0. The van der Waals surface area contributed by atoms with Gasteiger partial charge in [-0.15, -0.1) is 0 Å². The lowest BCUT2D eigenvalue weighted by Crippen LogP contribution is -2.37. The van der Waals surface area contributed by atoms with E-state index >= 15 is 0 Å². The van der Waals surface area contributed by atoms with E-state index in [1.807, 2.05) is 43.3 Å². The van der Waals surface area contributed by atoms with Gasteiger partial charge in [-0.2, -0.15) is 0 Å². The van der Waals surface area contributed by atoms with E-state index in [0.717, 1.165) is 11.3 Å². The zero-order valence-corrected chi connectivity index (χ0v) is 14.0. The molecule has 5 nitrogen and oxygen atoms in total. The van der Waals surface area contributed by atoms with Gasteiger partial charge in [0.25, 0.3) is 0 Å². The highest BCUT2D eigenvalue weighted by Gasteiger charge is 2.16. The summed E-state index contributed by atoms with van der Waals surface area (Å²) in [5.74, 6) is 0.291. The summed E-state index contributed by atoms with van der Waals surface area (Å²) < 4.78 is 18.8. The second kappa shape index (κ2) is 8.31. The molecule has 1 atom stereocenters. The number of hydrogen-bond acceptors (Lipinski definition) is 3. The number of halogens is 1. The molecule has 0 heterocycles. The lowest BCUT2D eigenvalue weighted by molar-refractivity contribution is 0.243. The number of methoxy groups -OCH3 is 1. The van der Waals surface area contributed by atoms with Crippen molar-refractivity contribution in [1.82, 2.24) is 10.2 Å². The molecule has 0 aliphatic heterocycles. The van der Waals surface area contributed by atoms with E-state index in [1.54, 1.807) is 19.2 Å². The van der Waals surface area contributed by atoms with Gasteiger partial charge in [-0.3, -0.25) is 0 Å². The number of nitrogens with one attached hydrogen (secondary N) is 2. The van der Waals surface area contributed by atoms with Crippen LogP contribution in [-0.2, 0) is 0 Å². The van der Waals surface area contributed by atoms with Crippen LogP contribution in [0.2, 0.25) is 0 Å². The second-order valence-electron chi connectivity index (χ2n) is 5.57. The quantitative estimate of drug-likeness (QED) is 0.854. The van der Waals surface area contributed by atoms with Gasteiger partial charge in [-0.25, -0.2) is 9.18 Å². The van der Waals surface area contributed by atoms with Crippen molar-refractivity contribution < 1.29 is 13.9 Å². The maximum absolute atomic E-state index is 13.6. The SMILES string of the molecule is COc1cccc(C(CNC(=O)Nc2ccccc2F)N(C)C)c1. The van der Waals surface area contributed by atoms with E-state index < -0.39 is 11.8 Å². The van der Waals surface area contributed by atoms with Crippen molar-refractivity contribution in [3.63, 3.8) is 0 Å². The van der Waals surface area contributed by atoms with Crippen LogP contribution in [0.3, 0.4) is 0 Å². The highest BCUT2D eigenvalue weighted by atomic mass is 19.1. The molecule has 0 radical (unpaired) electrons. The average Bonchev–Trinajstić information content (AvgIpc) is 2.57. The highest BCUT2D eigenvalue weighted by molar-refractivity contribution is 5.89. The molecule has 0 aliphatic carbocycles. The Balaban J connectivity index is 2.01. The Hall–Kier alpha value is -2.60. The number of nitrogens with zero attached hydrogens (tertiary/aromatic N) is 1.